The van der Waals surface area contributed by atoms with E-state index >= 15 is 0 Å². The van der Waals surface area contributed by atoms with Crippen LogP contribution in [0.5, 0.6) is 0 Å². The molecule has 0 radical (unpaired) electrons. The van der Waals surface area contributed by atoms with Crippen LogP contribution >= 0.6 is 0 Å². The van der Waals surface area contributed by atoms with Crippen LogP contribution in [0.15, 0.2) is 17.3 Å². The Morgan fingerprint density at radius 3 is 2.78 bits per heavy atom. The fourth-order valence-electron chi connectivity index (χ4n) is 2.82. The van der Waals surface area contributed by atoms with Gasteiger partial charge < -0.3 is 20.2 Å². The van der Waals surface area contributed by atoms with Gasteiger partial charge in [-0.1, -0.05) is 6.92 Å². The number of H-pyrrole nitrogens is 2. The Morgan fingerprint density at radius 2 is 2.11 bits per heavy atom. The van der Waals surface area contributed by atoms with Crippen molar-refractivity contribution in [2.24, 2.45) is 5.92 Å². The van der Waals surface area contributed by atoms with Crippen LogP contribution in [-0.4, -0.2) is 37.4 Å². The topological polar surface area (TPSA) is 102 Å². The fraction of sp³-hybridized carbons (Fsp3) is 0.500. The third-order valence-corrected chi connectivity index (χ3v) is 3.87. The molecule has 2 aromatic rings. The molecule has 0 aliphatic heterocycles. The summed E-state index contributed by atoms with van der Waals surface area (Å²) in [5.74, 6) is -0.144. The van der Waals surface area contributed by atoms with Crippen LogP contribution in [-0.2, 0) is 0 Å². The highest BCUT2D eigenvalue weighted by molar-refractivity contribution is 5.78. The maximum atomic E-state index is 11.6. The van der Waals surface area contributed by atoms with E-state index in [1.165, 1.54) is 6.33 Å². The molecule has 1 fully saturated rings. The SMILES string of the molecule is C[C@H]1C[C@@H](c2c[nH]c3c(=O)[nH]cnc23)[C@H](O)[C@@H]1O. The lowest BCUT2D eigenvalue weighted by molar-refractivity contribution is 0.0182. The molecular formula is C12H15N3O3. The average Bonchev–Trinajstić information content (AvgIpc) is 2.88. The van der Waals surface area contributed by atoms with Crippen molar-refractivity contribution in [1.29, 1.82) is 0 Å². The summed E-state index contributed by atoms with van der Waals surface area (Å²) in [7, 11) is 0. The maximum absolute atomic E-state index is 11.6. The number of rotatable bonds is 1. The molecule has 6 heteroatoms. The van der Waals surface area contributed by atoms with E-state index in [0.717, 1.165) is 5.56 Å². The van der Waals surface area contributed by atoms with Gasteiger partial charge in [0.05, 0.1) is 24.1 Å². The Balaban J connectivity index is 2.11. The predicted octanol–water partition coefficient (Wildman–Crippen LogP) is 0.0964. The van der Waals surface area contributed by atoms with Crippen LogP contribution in [0.2, 0.25) is 0 Å². The van der Waals surface area contributed by atoms with E-state index < -0.39 is 12.2 Å². The van der Waals surface area contributed by atoms with Crippen molar-refractivity contribution in [3.63, 3.8) is 0 Å². The molecule has 0 amide bonds. The lowest BCUT2D eigenvalue weighted by atomic mass is 9.96. The maximum Gasteiger partial charge on any atom is 0.275 e. The van der Waals surface area contributed by atoms with Gasteiger partial charge in [0, 0.05) is 17.7 Å². The quantitative estimate of drug-likeness (QED) is 0.575. The van der Waals surface area contributed by atoms with Crippen LogP contribution in [0, 0.1) is 5.92 Å². The molecule has 3 rings (SSSR count). The van der Waals surface area contributed by atoms with Gasteiger partial charge >= 0.3 is 0 Å². The first kappa shape index (κ1) is 11.4. The number of aromatic amines is 2. The number of hydrogen-bond acceptors (Lipinski definition) is 4. The Labute approximate surface area is 103 Å². The number of hydrogen-bond donors (Lipinski definition) is 4. The van der Waals surface area contributed by atoms with Crippen LogP contribution in [0.4, 0.5) is 0 Å². The smallest absolute Gasteiger partial charge is 0.275 e. The second-order valence-electron chi connectivity index (χ2n) is 5.00. The van der Waals surface area contributed by atoms with Crippen molar-refractivity contribution < 1.29 is 10.2 Å². The van der Waals surface area contributed by atoms with Crippen LogP contribution in [0.1, 0.15) is 24.8 Å². The second-order valence-corrected chi connectivity index (χ2v) is 5.00. The van der Waals surface area contributed by atoms with Crippen LogP contribution < -0.4 is 5.56 Å². The first-order valence-corrected chi connectivity index (χ1v) is 6.00. The molecule has 0 bridgehead atoms. The summed E-state index contributed by atoms with van der Waals surface area (Å²) in [4.78, 5) is 21.1. The summed E-state index contributed by atoms with van der Waals surface area (Å²) in [6.07, 6.45) is 2.21. The number of nitrogens with zero attached hydrogens (tertiary/aromatic N) is 1. The third kappa shape index (κ3) is 1.49. The standard InChI is InChI=1S/C12H15N3O3/c1-5-2-6(11(17)10(5)16)7-3-13-9-8(7)14-4-15-12(9)18/h3-6,10-11,13,16-17H,2H2,1H3,(H,14,15,18)/t5-,6-,10+,11-/m0/s1. The van der Waals surface area contributed by atoms with Crippen molar-refractivity contribution in [1.82, 2.24) is 15.0 Å². The summed E-state index contributed by atoms with van der Waals surface area (Å²) in [5, 5.41) is 19.9. The zero-order chi connectivity index (χ0) is 12.9. The summed E-state index contributed by atoms with van der Waals surface area (Å²) in [5.41, 5.74) is 1.55. The zero-order valence-corrected chi connectivity index (χ0v) is 9.92. The van der Waals surface area contributed by atoms with Gasteiger partial charge in [-0.15, -0.1) is 0 Å². The first-order chi connectivity index (χ1) is 8.59. The Morgan fingerprint density at radius 1 is 1.33 bits per heavy atom. The van der Waals surface area contributed by atoms with E-state index in [1.807, 2.05) is 6.92 Å². The van der Waals surface area contributed by atoms with Crippen molar-refractivity contribution in [2.75, 3.05) is 0 Å². The summed E-state index contributed by atoms with van der Waals surface area (Å²) in [6.45, 7) is 1.91. The molecule has 2 heterocycles. The number of aromatic nitrogens is 3. The molecule has 0 unspecified atom stereocenters. The monoisotopic (exact) mass is 249 g/mol. The van der Waals surface area contributed by atoms with Gasteiger partial charge in [0.1, 0.15) is 5.52 Å². The highest BCUT2D eigenvalue weighted by Gasteiger charge is 2.40. The van der Waals surface area contributed by atoms with Crippen LogP contribution in [0.3, 0.4) is 0 Å². The lowest BCUT2D eigenvalue weighted by Gasteiger charge is -2.15. The molecule has 1 aliphatic carbocycles. The lowest BCUT2D eigenvalue weighted by Crippen LogP contribution is -2.26. The van der Waals surface area contributed by atoms with Gasteiger partial charge in [0.15, 0.2) is 0 Å². The average molecular weight is 249 g/mol. The molecule has 96 valence electrons. The molecular weight excluding hydrogens is 234 g/mol. The van der Waals surface area contributed by atoms with Gasteiger partial charge in [0.25, 0.3) is 5.56 Å². The van der Waals surface area contributed by atoms with E-state index in [4.69, 9.17) is 0 Å². The minimum absolute atomic E-state index is 0.0388. The molecule has 4 atom stereocenters. The minimum atomic E-state index is -0.805. The fourth-order valence-corrected chi connectivity index (χ4v) is 2.82. The van der Waals surface area contributed by atoms with E-state index in [1.54, 1.807) is 6.20 Å². The molecule has 0 saturated heterocycles. The molecule has 4 N–H and O–H groups in total. The predicted molar refractivity (Wildman–Crippen MR) is 65.3 cm³/mol. The molecule has 18 heavy (non-hydrogen) atoms. The zero-order valence-electron chi connectivity index (χ0n) is 9.92. The van der Waals surface area contributed by atoms with E-state index in [9.17, 15) is 15.0 Å². The third-order valence-electron chi connectivity index (χ3n) is 3.87. The second kappa shape index (κ2) is 3.93. The largest absolute Gasteiger partial charge is 0.390 e. The van der Waals surface area contributed by atoms with Gasteiger partial charge in [-0.05, 0) is 12.3 Å². The number of aliphatic hydroxyl groups is 2. The Hall–Kier alpha value is -1.66. The summed E-state index contributed by atoms with van der Waals surface area (Å²) in [6, 6.07) is 0. The molecule has 2 aromatic heterocycles. The van der Waals surface area contributed by atoms with Crippen LogP contribution in [0.25, 0.3) is 11.0 Å². The van der Waals surface area contributed by atoms with Crippen molar-refractivity contribution >= 4 is 11.0 Å². The highest BCUT2D eigenvalue weighted by atomic mass is 16.3. The van der Waals surface area contributed by atoms with E-state index in [0.29, 0.717) is 17.5 Å². The van der Waals surface area contributed by atoms with Crippen molar-refractivity contribution in [3.05, 3.63) is 28.4 Å². The first-order valence-electron chi connectivity index (χ1n) is 6.00. The molecule has 6 nitrogen and oxygen atoms in total. The molecule has 1 saturated carbocycles. The Bertz CT molecular complexity index is 633. The van der Waals surface area contributed by atoms with E-state index in [-0.39, 0.29) is 17.4 Å². The van der Waals surface area contributed by atoms with Gasteiger partial charge in [-0.3, -0.25) is 4.79 Å². The van der Waals surface area contributed by atoms with Gasteiger partial charge in [-0.2, -0.15) is 0 Å². The summed E-state index contributed by atoms with van der Waals surface area (Å²) < 4.78 is 0. The van der Waals surface area contributed by atoms with Gasteiger partial charge in [0.2, 0.25) is 0 Å². The minimum Gasteiger partial charge on any atom is -0.390 e. The number of fused-ring (bicyclic) bond motifs is 1. The van der Waals surface area contributed by atoms with Crippen molar-refractivity contribution in [2.45, 2.75) is 31.5 Å². The molecule has 1 aliphatic rings. The highest BCUT2D eigenvalue weighted by Crippen LogP contribution is 2.40. The van der Waals surface area contributed by atoms with E-state index in [2.05, 4.69) is 15.0 Å². The number of nitrogens with one attached hydrogen (secondary N) is 2. The van der Waals surface area contributed by atoms with Gasteiger partial charge in [-0.25, -0.2) is 4.98 Å². The van der Waals surface area contributed by atoms with Crippen molar-refractivity contribution in [3.8, 4) is 0 Å². The molecule has 0 spiro atoms. The molecule has 0 aromatic carbocycles. The number of aliphatic hydroxyl groups excluding tert-OH is 2. The summed E-state index contributed by atoms with van der Waals surface area (Å²) >= 11 is 0. The Kier molecular flexibility index (Phi) is 2.49. The normalized spacial score (nSPS) is 32.2.